The monoisotopic (exact) mass is 439 g/mol. The molecule has 2 N–H and O–H groups in total. The Morgan fingerprint density at radius 3 is 2.65 bits per heavy atom. The number of benzene rings is 2. The summed E-state index contributed by atoms with van der Waals surface area (Å²) in [4.78, 5) is 23.9. The molecule has 3 amide bonds. The van der Waals surface area contributed by atoms with Gasteiger partial charge in [-0.1, -0.05) is 30.0 Å². The number of nitrogens with one attached hydrogen (secondary N) is 2. The van der Waals surface area contributed by atoms with Gasteiger partial charge in [-0.2, -0.15) is 0 Å². The Balaban J connectivity index is 1.59. The summed E-state index contributed by atoms with van der Waals surface area (Å²) < 4.78 is 12.7. The number of rotatable bonds is 6. The van der Waals surface area contributed by atoms with Crippen LogP contribution in [-0.2, 0) is 4.79 Å². The molecule has 10 heteroatoms. The van der Waals surface area contributed by atoms with Crippen LogP contribution >= 0.6 is 11.8 Å². The molecule has 4 rings (SSSR count). The van der Waals surface area contributed by atoms with E-state index in [1.54, 1.807) is 0 Å². The van der Waals surface area contributed by atoms with Crippen LogP contribution in [0.3, 0.4) is 0 Å². The van der Waals surface area contributed by atoms with Crippen molar-refractivity contribution in [3.05, 3.63) is 48.5 Å². The fourth-order valence-corrected chi connectivity index (χ4v) is 3.74. The zero-order valence-corrected chi connectivity index (χ0v) is 17.8. The van der Waals surface area contributed by atoms with Crippen molar-refractivity contribution in [3.63, 3.8) is 0 Å². The number of fused-ring (bicyclic) bond motifs is 1. The van der Waals surface area contributed by atoms with Gasteiger partial charge in [-0.25, -0.2) is 4.79 Å². The van der Waals surface area contributed by atoms with Gasteiger partial charge in [0.1, 0.15) is 0 Å². The Bertz CT molecular complexity index is 1100. The molecule has 1 aliphatic rings. The van der Waals surface area contributed by atoms with E-state index in [2.05, 4.69) is 20.8 Å². The van der Waals surface area contributed by atoms with Gasteiger partial charge in [-0.3, -0.25) is 14.7 Å². The van der Waals surface area contributed by atoms with Gasteiger partial charge in [0.25, 0.3) is 0 Å². The number of amides is 3. The van der Waals surface area contributed by atoms with E-state index < -0.39 is 11.9 Å². The largest absolute Gasteiger partial charge is 0.454 e. The predicted octanol–water partition coefficient (Wildman–Crippen LogP) is 2.99. The van der Waals surface area contributed by atoms with Crippen molar-refractivity contribution >= 4 is 23.7 Å². The molecule has 0 saturated heterocycles. The lowest BCUT2D eigenvalue weighted by Gasteiger charge is -2.11. The number of aromatic nitrogens is 3. The highest BCUT2D eigenvalue weighted by Gasteiger charge is 2.21. The van der Waals surface area contributed by atoms with E-state index in [1.807, 2.05) is 66.9 Å². The van der Waals surface area contributed by atoms with Crippen LogP contribution in [0.15, 0.2) is 53.7 Å². The van der Waals surface area contributed by atoms with Gasteiger partial charge in [0.2, 0.25) is 12.7 Å². The number of hydrogen-bond donors (Lipinski definition) is 2. The zero-order valence-electron chi connectivity index (χ0n) is 17.0. The molecule has 2 aromatic carbocycles. The number of ether oxygens (including phenoxy) is 2. The molecule has 0 unspecified atom stereocenters. The first-order chi connectivity index (χ1) is 15.0. The quantitative estimate of drug-likeness (QED) is 0.569. The normalized spacial score (nSPS) is 12.1. The fourth-order valence-electron chi connectivity index (χ4n) is 2.99. The van der Waals surface area contributed by atoms with Crippen LogP contribution in [0, 0.1) is 0 Å². The standard InChI is InChI=1S/C21H21N5O4S/c1-13(2)22-20(28)23-18(27)11-31-21-25-24-19(26(21)15-6-4-3-5-7-15)14-8-9-16-17(10-14)30-12-29-16/h3-10,13H,11-12H2,1-2H3,(H2,22,23,27,28). The van der Waals surface area contributed by atoms with Crippen molar-refractivity contribution in [3.8, 4) is 28.6 Å². The van der Waals surface area contributed by atoms with E-state index in [9.17, 15) is 9.59 Å². The number of nitrogens with zero attached hydrogens (tertiary/aromatic N) is 3. The third-order valence-corrected chi connectivity index (χ3v) is 5.21. The van der Waals surface area contributed by atoms with Gasteiger partial charge < -0.3 is 14.8 Å². The maximum absolute atomic E-state index is 12.2. The lowest BCUT2D eigenvalue weighted by Crippen LogP contribution is -2.43. The highest BCUT2D eigenvalue weighted by atomic mass is 32.2. The maximum Gasteiger partial charge on any atom is 0.321 e. The molecule has 0 radical (unpaired) electrons. The highest BCUT2D eigenvalue weighted by molar-refractivity contribution is 7.99. The van der Waals surface area contributed by atoms with Crippen LogP contribution in [0.4, 0.5) is 4.79 Å². The van der Waals surface area contributed by atoms with Crippen LogP contribution in [0.2, 0.25) is 0 Å². The number of carbonyl (C=O) groups excluding carboxylic acids is 2. The molecule has 1 aromatic heterocycles. The third-order valence-electron chi connectivity index (χ3n) is 4.28. The first kappa shape index (κ1) is 20.7. The number of para-hydroxylation sites is 1. The number of imide groups is 1. The van der Waals surface area contributed by atoms with Crippen LogP contribution < -0.4 is 20.1 Å². The fraction of sp³-hybridized carbons (Fsp3) is 0.238. The molecular formula is C21H21N5O4S. The van der Waals surface area contributed by atoms with Crippen LogP contribution in [0.5, 0.6) is 11.5 Å². The van der Waals surface area contributed by atoms with Crippen molar-refractivity contribution < 1.29 is 19.1 Å². The first-order valence-corrected chi connectivity index (χ1v) is 10.6. The molecule has 3 aromatic rings. The summed E-state index contributed by atoms with van der Waals surface area (Å²) in [7, 11) is 0. The topological polar surface area (TPSA) is 107 Å². The summed E-state index contributed by atoms with van der Waals surface area (Å²) in [6, 6.07) is 14.6. The van der Waals surface area contributed by atoms with Crippen LogP contribution in [-0.4, -0.2) is 45.3 Å². The van der Waals surface area contributed by atoms with E-state index in [0.717, 1.165) is 11.3 Å². The van der Waals surface area contributed by atoms with Gasteiger partial charge in [0.05, 0.1) is 5.75 Å². The van der Waals surface area contributed by atoms with Crippen molar-refractivity contribution in [2.45, 2.75) is 25.0 Å². The molecule has 0 fully saturated rings. The minimum Gasteiger partial charge on any atom is -0.454 e. The zero-order chi connectivity index (χ0) is 21.8. The highest BCUT2D eigenvalue weighted by Crippen LogP contribution is 2.36. The van der Waals surface area contributed by atoms with Crippen molar-refractivity contribution in [2.24, 2.45) is 0 Å². The van der Waals surface area contributed by atoms with Gasteiger partial charge in [-0.15, -0.1) is 10.2 Å². The van der Waals surface area contributed by atoms with Crippen molar-refractivity contribution in [2.75, 3.05) is 12.5 Å². The number of hydrogen-bond acceptors (Lipinski definition) is 7. The molecule has 0 saturated carbocycles. The van der Waals surface area contributed by atoms with E-state index in [0.29, 0.717) is 22.5 Å². The van der Waals surface area contributed by atoms with Crippen molar-refractivity contribution in [1.82, 2.24) is 25.4 Å². The predicted molar refractivity (Wildman–Crippen MR) is 115 cm³/mol. The Morgan fingerprint density at radius 1 is 1.10 bits per heavy atom. The molecule has 31 heavy (non-hydrogen) atoms. The second kappa shape index (κ2) is 9.09. The molecule has 0 bridgehead atoms. The average molecular weight is 439 g/mol. The summed E-state index contributed by atoms with van der Waals surface area (Å²) in [6.45, 7) is 3.82. The molecular weight excluding hydrogens is 418 g/mol. The van der Waals surface area contributed by atoms with Gasteiger partial charge in [-0.05, 0) is 44.2 Å². The van der Waals surface area contributed by atoms with Crippen LogP contribution in [0.25, 0.3) is 17.1 Å². The molecule has 0 atom stereocenters. The minimum atomic E-state index is -0.522. The smallest absolute Gasteiger partial charge is 0.321 e. The molecule has 160 valence electrons. The lowest BCUT2D eigenvalue weighted by atomic mass is 10.2. The summed E-state index contributed by atoms with van der Waals surface area (Å²) in [5.74, 6) is 1.52. The number of thioether (sulfide) groups is 1. The first-order valence-electron chi connectivity index (χ1n) is 9.65. The Hall–Kier alpha value is -3.53. The van der Waals surface area contributed by atoms with E-state index in [4.69, 9.17) is 9.47 Å². The second-order valence-corrected chi connectivity index (χ2v) is 7.95. The minimum absolute atomic E-state index is 0.0115. The van der Waals surface area contributed by atoms with E-state index in [-0.39, 0.29) is 18.6 Å². The van der Waals surface area contributed by atoms with E-state index >= 15 is 0 Å². The number of carbonyl (C=O) groups is 2. The summed E-state index contributed by atoms with van der Waals surface area (Å²) in [5, 5.41) is 14.1. The Kier molecular flexibility index (Phi) is 6.08. The van der Waals surface area contributed by atoms with Gasteiger partial charge in [0, 0.05) is 17.3 Å². The molecule has 2 heterocycles. The summed E-state index contributed by atoms with van der Waals surface area (Å²) in [5.41, 5.74) is 1.65. The lowest BCUT2D eigenvalue weighted by molar-refractivity contribution is -0.117. The van der Waals surface area contributed by atoms with E-state index in [1.165, 1.54) is 11.8 Å². The van der Waals surface area contributed by atoms with Gasteiger partial charge in [0.15, 0.2) is 22.5 Å². The molecule has 0 spiro atoms. The Labute approximate surface area is 183 Å². The molecule has 1 aliphatic heterocycles. The third kappa shape index (κ3) is 4.80. The number of urea groups is 1. The molecule has 0 aliphatic carbocycles. The van der Waals surface area contributed by atoms with Crippen LogP contribution in [0.1, 0.15) is 13.8 Å². The summed E-state index contributed by atoms with van der Waals surface area (Å²) >= 11 is 1.19. The SMILES string of the molecule is CC(C)NC(=O)NC(=O)CSc1nnc(-c2ccc3c(c2)OCO3)n1-c1ccccc1. The average Bonchev–Trinajstić information content (AvgIpc) is 3.38. The molecule has 9 nitrogen and oxygen atoms in total. The van der Waals surface area contributed by atoms with Crippen molar-refractivity contribution in [1.29, 1.82) is 0 Å². The Morgan fingerprint density at radius 2 is 1.87 bits per heavy atom. The maximum atomic E-state index is 12.2. The van der Waals surface area contributed by atoms with Gasteiger partial charge >= 0.3 is 6.03 Å². The summed E-state index contributed by atoms with van der Waals surface area (Å²) in [6.07, 6.45) is 0. The second-order valence-electron chi connectivity index (χ2n) is 7.01.